The fourth-order valence-corrected chi connectivity index (χ4v) is 2.29. The van der Waals surface area contributed by atoms with Crippen molar-refractivity contribution in [3.8, 4) is 0 Å². The lowest BCUT2D eigenvalue weighted by molar-refractivity contribution is 0.318. The minimum atomic E-state index is 0.156. The number of hydrogen-bond acceptors (Lipinski definition) is 3. The van der Waals surface area contributed by atoms with Crippen LogP contribution in [0.2, 0.25) is 0 Å². The molecule has 0 bridgehead atoms. The Bertz CT molecular complexity index is 391. The van der Waals surface area contributed by atoms with E-state index in [9.17, 15) is 0 Å². The molecule has 4 heteroatoms. The predicted octanol–water partition coefficient (Wildman–Crippen LogP) is 2.98. The molecule has 3 N–H and O–H groups in total. The molecule has 1 atom stereocenters. The van der Waals surface area contributed by atoms with Crippen molar-refractivity contribution in [2.45, 2.75) is 37.3 Å². The number of rotatable bonds is 4. The summed E-state index contributed by atoms with van der Waals surface area (Å²) in [7, 11) is 0. The molecule has 0 saturated carbocycles. The summed E-state index contributed by atoms with van der Waals surface area (Å²) in [6.07, 6.45) is 1.14. The molecule has 3 nitrogen and oxygen atoms in total. The van der Waals surface area contributed by atoms with E-state index in [0.29, 0.717) is 5.25 Å². The molecule has 1 aromatic rings. The van der Waals surface area contributed by atoms with Gasteiger partial charge in [0.2, 0.25) is 0 Å². The van der Waals surface area contributed by atoms with Crippen LogP contribution in [-0.4, -0.2) is 16.3 Å². The third kappa shape index (κ3) is 3.17. The molecular weight excluding hydrogens is 220 g/mol. The summed E-state index contributed by atoms with van der Waals surface area (Å²) < 4.78 is 0. The molecule has 0 heterocycles. The lowest BCUT2D eigenvalue weighted by atomic mass is 10.1. The van der Waals surface area contributed by atoms with Gasteiger partial charge in [-0.2, -0.15) is 0 Å². The second-order valence-corrected chi connectivity index (χ2v) is 5.28. The Morgan fingerprint density at radius 1 is 1.56 bits per heavy atom. The molecular formula is C12H18N2OS. The zero-order chi connectivity index (χ0) is 12.1. The first kappa shape index (κ1) is 12.9. The van der Waals surface area contributed by atoms with E-state index in [1.165, 1.54) is 4.90 Å². The van der Waals surface area contributed by atoms with Crippen molar-refractivity contribution < 1.29 is 5.21 Å². The fourth-order valence-electron chi connectivity index (χ4n) is 1.30. The van der Waals surface area contributed by atoms with Gasteiger partial charge in [0.1, 0.15) is 0 Å². The van der Waals surface area contributed by atoms with E-state index in [2.05, 4.69) is 19.0 Å². The van der Waals surface area contributed by atoms with Gasteiger partial charge in [-0.15, -0.1) is 11.8 Å². The third-order valence-corrected chi connectivity index (χ3v) is 3.93. The Kier molecular flexibility index (Phi) is 4.68. The first-order valence-corrected chi connectivity index (χ1v) is 6.21. The Hall–Kier alpha value is -1.16. The zero-order valence-electron chi connectivity index (χ0n) is 9.90. The normalized spacial score (nSPS) is 13.8. The molecule has 0 aromatic heterocycles. The van der Waals surface area contributed by atoms with E-state index in [1.54, 1.807) is 0 Å². The average molecular weight is 238 g/mol. The highest BCUT2D eigenvalue weighted by molar-refractivity contribution is 8.00. The van der Waals surface area contributed by atoms with Crippen LogP contribution in [0, 0.1) is 6.92 Å². The second-order valence-electron chi connectivity index (χ2n) is 3.80. The van der Waals surface area contributed by atoms with E-state index in [0.717, 1.165) is 17.5 Å². The summed E-state index contributed by atoms with van der Waals surface area (Å²) in [6, 6.07) is 5.85. The summed E-state index contributed by atoms with van der Waals surface area (Å²) in [5.41, 5.74) is 7.45. The van der Waals surface area contributed by atoms with Crippen LogP contribution >= 0.6 is 11.8 Å². The van der Waals surface area contributed by atoms with Crippen molar-refractivity contribution in [3.05, 3.63) is 29.3 Å². The number of thioether (sulfide) groups is 1. The number of hydrogen-bond donors (Lipinski definition) is 2. The van der Waals surface area contributed by atoms with Gasteiger partial charge < -0.3 is 10.9 Å². The van der Waals surface area contributed by atoms with Crippen LogP contribution in [0.4, 0.5) is 0 Å². The monoisotopic (exact) mass is 238 g/mol. The molecule has 1 rings (SSSR count). The zero-order valence-corrected chi connectivity index (χ0v) is 10.7. The predicted molar refractivity (Wildman–Crippen MR) is 69.3 cm³/mol. The maximum absolute atomic E-state index is 8.59. The van der Waals surface area contributed by atoms with Crippen molar-refractivity contribution in [1.82, 2.24) is 0 Å². The summed E-state index contributed by atoms with van der Waals surface area (Å²) >= 11 is 1.86. The van der Waals surface area contributed by atoms with Gasteiger partial charge in [-0.25, -0.2) is 0 Å². The SMILES string of the molecule is CCC(C)Sc1ccc(/C(N)=N/O)cc1C. The second kappa shape index (κ2) is 5.80. The van der Waals surface area contributed by atoms with Crippen molar-refractivity contribution in [3.63, 3.8) is 0 Å². The standard InChI is InChI=1S/C12H18N2OS/c1-4-9(3)16-11-6-5-10(7-8(11)2)12(13)14-15/h5-7,9,15H,4H2,1-3H3,(H2,13,14). The van der Waals surface area contributed by atoms with E-state index in [-0.39, 0.29) is 5.84 Å². The average Bonchev–Trinajstić information content (AvgIpc) is 2.30. The van der Waals surface area contributed by atoms with E-state index >= 15 is 0 Å². The highest BCUT2D eigenvalue weighted by Gasteiger charge is 2.07. The van der Waals surface area contributed by atoms with Crippen LogP contribution in [-0.2, 0) is 0 Å². The van der Waals surface area contributed by atoms with Crippen LogP contribution in [0.25, 0.3) is 0 Å². The minimum Gasteiger partial charge on any atom is -0.409 e. The highest BCUT2D eigenvalue weighted by Crippen LogP contribution is 2.28. The maximum Gasteiger partial charge on any atom is 0.170 e. The third-order valence-electron chi connectivity index (χ3n) is 2.48. The molecule has 0 amide bonds. The van der Waals surface area contributed by atoms with Gasteiger partial charge in [0.15, 0.2) is 5.84 Å². The molecule has 0 spiro atoms. The topological polar surface area (TPSA) is 58.6 Å². The largest absolute Gasteiger partial charge is 0.409 e. The Morgan fingerprint density at radius 3 is 2.75 bits per heavy atom. The van der Waals surface area contributed by atoms with Crippen LogP contribution in [0.5, 0.6) is 0 Å². The molecule has 0 saturated heterocycles. The van der Waals surface area contributed by atoms with Crippen LogP contribution in [0.15, 0.2) is 28.3 Å². The van der Waals surface area contributed by atoms with Gasteiger partial charge in [0.05, 0.1) is 0 Å². The smallest absolute Gasteiger partial charge is 0.170 e. The minimum absolute atomic E-state index is 0.156. The summed E-state index contributed by atoms with van der Waals surface area (Å²) in [4.78, 5) is 1.25. The fraction of sp³-hybridized carbons (Fsp3) is 0.417. The van der Waals surface area contributed by atoms with Crippen molar-refractivity contribution >= 4 is 17.6 Å². The molecule has 0 aliphatic rings. The first-order chi connectivity index (χ1) is 7.58. The lowest BCUT2D eigenvalue weighted by Gasteiger charge is -2.11. The van der Waals surface area contributed by atoms with E-state index in [4.69, 9.17) is 10.9 Å². The summed E-state index contributed by atoms with van der Waals surface area (Å²) in [6.45, 7) is 6.43. The number of aryl methyl sites for hydroxylation is 1. The van der Waals surface area contributed by atoms with E-state index in [1.807, 2.05) is 36.9 Å². The molecule has 1 aromatic carbocycles. The number of benzene rings is 1. The van der Waals surface area contributed by atoms with Crippen LogP contribution in [0.1, 0.15) is 31.4 Å². The van der Waals surface area contributed by atoms with Gasteiger partial charge in [-0.3, -0.25) is 0 Å². The highest BCUT2D eigenvalue weighted by atomic mass is 32.2. The molecule has 88 valence electrons. The van der Waals surface area contributed by atoms with Crippen LogP contribution in [0.3, 0.4) is 0 Å². The van der Waals surface area contributed by atoms with Gasteiger partial charge >= 0.3 is 0 Å². The summed E-state index contributed by atoms with van der Waals surface area (Å²) in [5.74, 6) is 0.156. The van der Waals surface area contributed by atoms with Crippen molar-refractivity contribution in [2.24, 2.45) is 10.9 Å². The molecule has 0 aliphatic carbocycles. The van der Waals surface area contributed by atoms with Gasteiger partial charge in [-0.05, 0) is 31.0 Å². The first-order valence-electron chi connectivity index (χ1n) is 5.33. The summed E-state index contributed by atoms with van der Waals surface area (Å²) in [5, 5.41) is 12.2. The molecule has 0 fully saturated rings. The quantitative estimate of drug-likeness (QED) is 0.279. The number of amidine groups is 1. The Labute approximate surface area is 101 Å². The van der Waals surface area contributed by atoms with Gasteiger partial charge in [-0.1, -0.05) is 25.1 Å². The number of nitrogens with two attached hydrogens (primary N) is 1. The van der Waals surface area contributed by atoms with E-state index < -0.39 is 0 Å². The number of nitrogens with zero attached hydrogens (tertiary/aromatic N) is 1. The van der Waals surface area contributed by atoms with Crippen molar-refractivity contribution in [2.75, 3.05) is 0 Å². The van der Waals surface area contributed by atoms with Crippen molar-refractivity contribution in [1.29, 1.82) is 0 Å². The van der Waals surface area contributed by atoms with Gasteiger partial charge in [0.25, 0.3) is 0 Å². The number of oxime groups is 1. The van der Waals surface area contributed by atoms with Gasteiger partial charge in [0, 0.05) is 15.7 Å². The Morgan fingerprint density at radius 2 is 2.25 bits per heavy atom. The molecule has 16 heavy (non-hydrogen) atoms. The van der Waals surface area contributed by atoms with Crippen LogP contribution < -0.4 is 5.73 Å². The molecule has 0 radical (unpaired) electrons. The Balaban J connectivity index is 2.92. The lowest BCUT2D eigenvalue weighted by Crippen LogP contribution is -2.13. The maximum atomic E-state index is 8.59. The molecule has 1 unspecified atom stereocenters. The molecule has 0 aliphatic heterocycles.